The van der Waals surface area contributed by atoms with E-state index in [2.05, 4.69) is 63.7 Å². The van der Waals surface area contributed by atoms with Gasteiger partial charge in [0, 0.05) is 42.9 Å². The Morgan fingerprint density at radius 2 is 1.96 bits per heavy atom. The summed E-state index contributed by atoms with van der Waals surface area (Å²) in [6, 6.07) is 11.3. The van der Waals surface area contributed by atoms with Crippen LogP contribution in [0.1, 0.15) is 18.4 Å². The Bertz CT molecular complexity index is 665. The summed E-state index contributed by atoms with van der Waals surface area (Å²) < 4.78 is 0. The highest BCUT2D eigenvalue weighted by Crippen LogP contribution is 2.28. The number of rotatable bonds is 4. The van der Waals surface area contributed by atoms with Crippen LogP contribution in [-0.2, 0) is 6.54 Å². The molecule has 1 unspecified atom stereocenters. The lowest BCUT2D eigenvalue weighted by molar-refractivity contribution is 0.131. The first-order valence-corrected chi connectivity index (χ1v) is 10.1. The van der Waals surface area contributed by atoms with Crippen molar-refractivity contribution in [1.29, 1.82) is 0 Å². The van der Waals surface area contributed by atoms with Crippen molar-refractivity contribution in [3.63, 3.8) is 0 Å². The Labute approximate surface area is 153 Å². The Kier molecular flexibility index (Phi) is 5.13. The van der Waals surface area contributed by atoms with Gasteiger partial charge in [0.25, 0.3) is 0 Å². The molecule has 2 saturated heterocycles. The fraction of sp³-hybridized carbons (Fsp3) is 0.450. The van der Waals surface area contributed by atoms with Gasteiger partial charge in [-0.15, -0.1) is 11.8 Å². The molecule has 3 aliphatic heterocycles. The van der Waals surface area contributed by atoms with E-state index in [4.69, 9.17) is 0 Å². The van der Waals surface area contributed by atoms with E-state index in [0.717, 1.165) is 44.8 Å². The molecule has 4 rings (SSSR count). The number of allylic oxidation sites excluding steroid dienone is 2. The monoisotopic (exact) mass is 355 g/mol. The molecule has 0 bridgehead atoms. The number of nitrogens with one attached hydrogen (secondary N) is 1. The maximum Gasteiger partial charge on any atom is 0.318 e. The van der Waals surface area contributed by atoms with Gasteiger partial charge in [-0.25, -0.2) is 4.79 Å². The highest BCUT2D eigenvalue weighted by atomic mass is 32.2. The first kappa shape index (κ1) is 16.7. The minimum Gasteiger partial charge on any atom is -0.329 e. The molecule has 132 valence electrons. The van der Waals surface area contributed by atoms with Gasteiger partial charge in [0.05, 0.1) is 6.04 Å². The van der Waals surface area contributed by atoms with E-state index in [9.17, 15) is 4.79 Å². The number of benzene rings is 1. The summed E-state index contributed by atoms with van der Waals surface area (Å²) in [5.74, 6) is 1.01. The van der Waals surface area contributed by atoms with Gasteiger partial charge >= 0.3 is 6.03 Å². The van der Waals surface area contributed by atoms with Crippen LogP contribution in [0, 0.1) is 0 Å². The summed E-state index contributed by atoms with van der Waals surface area (Å²) in [6.07, 6.45) is 8.54. The maximum absolute atomic E-state index is 12.4. The molecule has 3 aliphatic rings. The standard InChI is InChI=1S/C20H25N3OS/c24-20-21-18(19-8-4-5-13-25-19)15-23(20)17-9-11-22(12-10-17)14-16-6-2-1-3-7-16/h1-8,17-18H,9-15H2,(H,21,24). The van der Waals surface area contributed by atoms with Gasteiger partial charge in [-0.05, 0) is 18.4 Å². The van der Waals surface area contributed by atoms with Crippen LogP contribution in [0.5, 0.6) is 0 Å². The molecule has 1 aromatic rings. The topological polar surface area (TPSA) is 35.6 Å². The minimum atomic E-state index is 0.113. The molecule has 0 radical (unpaired) electrons. The summed E-state index contributed by atoms with van der Waals surface area (Å²) in [4.78, 5) is 18.3. The van der Waals surface area contributed by atoms with E-state index < -0.39 is 0 Å². The third-order valence-corrected chi connectivity index (χ3v) is 6.38. The fourth-order valence-corrected chi connectivity index (χ4v) is 4.80. The van der Waals surface area contributed by atoms with Crippen LogP contribution in [0.2, 0.25) is 0 Å². The Morgan fingerprint density at radius 1 is 1.16 bits per heavy atom. The van der Waals surface area contributed by atoms with Crippen LogP contribution in [0.4, 0.5) is 4.79 Å². The zero-order chi connectivity index (χ0) is 17.1. The molecule has 3 heterocycles. The number of likely N-dealkylation sites (tertiary alicyclic amines) is 1. The van der Waals surface area contributed by atoms with E-state index in [0.29, 0.717) is 6.04 Å². The van der Waals surface area contributed by atoms with E-state index in [1.165, 1.54) is 10.5 Å². The van der Waals surface area contributed by atoms with Crippen molar-refractivity contribution in [1.82, 2.24) is 15.1 Å². The number of hydrogen-bond donors (Lipinski definition) is 1. The van der Waals surface area contributed by atoms with Crippen molar-refractivity contribution in [2.75, 3.05) is 25.4 Å². The Morgan fingerprint density at radius 3 is 2.68 bits per heavy atom. The molecule has 5 heteroatoms. The van der Waals surface area contributed by atoms with Crippen molar-refractivity contribution < 1.29 is 4.79 Å². The third kappa shape index (κ3) is 3.93. The average molecular weight is 356 g/mol. The molecule has 1 atom stereocenters. The second-order valence-corrected chi connectivity index (χ2v) is 8.05. The van der Waals surface area contributed by atoms with Crippen LogP contribution in [-0.4, -0.2) is 53.3 Å². The largest absolute Gasteiger partial charge is 0.329 e. The summed E-state index contributed by atoms with van der Waals surface area (Å²) in [7, 11) is 0. The number of nitrogens with zero attached hydrogens (tertiary/aromatic N) is 2. The predicted octanol–water partition coefficient (Wildman–Crippen LogP) is 3.23. The van der Waals surface area contributed by atoms with Crippen LogP contribution < -0.4 is 5.32 Å². The SMILES string of the molecule is O=C1NC(C2=CC=CCS2)CN1C1CCN(Cc2ccccc2)CC1. The van der Waals surface area contributed by atoms with Gasteiger partial charge in [0.1, 0.15) is 0 Å². The van der Waals surface area contributed by atoms with E-state index in [1.807, 2.05) is 11.8 Å². The molecule has 0 spiro atoms. The molecule has 0 aromatic heterocycles. The summed E-state index contributed by atoms with van der Waals surface area (Å²) in [6.45, 7) is 3.95. The number of urea groups is 1. The van der Waals surface area contributed by atoms with Crippen molar-refractivity contribution in [3.8, 4) is 0 Å². The molecule has 2 fully saturated rings. The van der Waals surface area contributed by atoms with Crippen molar-refractivity contribution >= 4 is 17.8 Å². The van der Waals surface area contributed by atoms with Gasteiger partial charge in [-0.1, -0.05) is 48.6 Å². The number of hydrogen-bond acceptors (Lipinski definition) is 3. The van der Waals surface area contributed by atoms with Crippen molar-refractivity contribution in [3.05, 3.63) is 59.0 Å². The van der Waals surface area contributed by atoms with Gasteiger partial charge in [-0.2, -0.15) is 0 Å². The first-order valence-electron chi connectivity index (χ1n) is 9.12. The molecule has 0 saturated carbocycles. The molecule has 1 aromatic carbocycles. The van der Waals surface area contributed by atoms with Crippen molar-refractivity contribution in [2.24, 2.45) is 0 Å². The maximum atomic E-state index is 12.4. The molecule has 0 aliphatic carbocycles. The average Bonchev–Trinajstić information content (AvgIpc) is 3.06. The second kappa shape index (κ2) is 7.67. The lowest BCUT2D eigenvalue weighted by atomic mass is 10.0. The molecule has 4 nitrogen and oxygen atoms in total. The van der Waals surface area contributed by atoms with Crippen LogP contribution in [0.25, 0.3) is 0 Å². The van der Waals surface area contributed by atoms with Gasteiger partial charge < -0.3 is 10.2 Å². The molecule has 1 N–H and O–H groups in total. The smallest absolute Gasteiger partial charge is 0.318 e. The zero-order valence-electron chi connectivity index (χ0n) is 14.4. The van der Waals surface area contributed by atoms with Gasteiger partial charge in [0.2, 0.25) is 0 Å². The number of thioether (sulfide) groups is 1. The molecule has 2 amide bonds. The fourth-order valence-electron chi connectivity index (χ4n) is 3.89. The Hall–Kier alpha value is -1.72. The summed E-state index contributed by atoms with van der Waals surface area (Å²) in [5, 5.41) is 3.17. The second-order valence-electron chi connectivity index (χ2n) is 6.96. The van der Waals surface area contributed by atoms with Crippen LogP contribution >= 0.6 is 11.8 Å². The Balaban J connectivity index is 1.31. The van der Waals surface area contributed by atoms with E-state index in [1.54, 1.807) is 0 Å². The lowest BCUT2D eigenvalue weighted by Crippen LogP contribution is -2.45. The number of carbonyl (C=O) groups excluding carboxylic acids is 1. The van der Waals surface area contributed by atoms with Gasteiger partial charge in [0.15, 0.2) is 0 Å². The number of amides is 2. The third-order valence-electron chi connectivity index (χ3n) is 5.27. The zero-order valence-corrected chi connectivity index (χ0v) is 15.3. The lowest BCUT2D eigenvalue weighted by Gasteiger charge is -2.36. The number of piperidine rings is 1. The first-order chi connectivity index (χ1) is 12.3. The van der Waals surface area contributed by atoms with Gasteiger partial charge in [-0.3, -0.25) is 4.90 Å². The predicted molar refractivity (Wildman–Crippen MR) is 103 cm³/mol. The minimum absolute atomic E-state index is 0.113. The van der Waals surface area contributed by atoms with Crippen LogP contribution in [0.3, 0.4) is 0 Å². The summed E-state index contributed by atoms with van der Waals surface area (Å²) >= 11 is 1.84. The van der Waals surface area contributed by atoms with Crippen molar-refractivity contribution in [2.45, 2.75) is 31.5 Å². The molecular formula is C20H25N3OS. The normalized spacial score (nSPS) is 25.1. The molecule has 25 heavy (non-hydrogen) atoms. The highest BCUT2D eigenvalue weighted by molar-refractivity contribution is 8.03. The van der Waals surface area contributed by atoms with Crippen LogP contribution in [0.15, 0.2) is 53.5 Å². The highest BCUT2D eigenvalue weighted by Gasteiger charge is 2.36. The number of carbonyl (C=O) groups is 1. The summed E-state index contributed by atoms with van der Waals surface area (Å²) in [5.41, 5.74) is 1.37. The van der Waals surface area contributed by atoms with E-state index in [-0.39, 0.29) is 12.1 Å². The van der Waals surface area contributed by atoms with E-state index >= 15 is 0 Å². The molecular weight excluding hydrogens is 330 g/mol. The quantitative estimate of drug-likeness (QED) is 0.901.